The number of hydrogen-bond acceptors (Lipinski definition) is 2. The van der Waals surface area contributed by atoms with Crippen LogP contribution >= 0.6 is 0 Å². The summed E-state index contributed by atoms with van der Waals surface area (Å²) < 4.78 is 13.2. The van der Waals surface area contributed by atoms with Gasteiger partial charge < -0.3 is 10.2 Å². The molecule has 0 heterocycles. The van der Waals surface area contributed by atoms with E-state index in [2.05, 4.69) is 0 Å². The van der Waals surface area contributed by atoms with Crippen LogP contribution < -0.4 is 0 Å². The highest BCUT2D eigenvalue weighted by Crippen LogP contribution is 2.25. The monoisotopic (exact) mass is 226 g/mol. The van der Waals surface area contributed by atoms with Gasteiger partial charge in [0.15, 0.2) is 11.6 Å². The second kappa shape index (κ2) is 5.49. The van der Waals surface area contributed by atoms with Gasteiger partial charge in [-0.15, -0.1) is 0 Å². The first kappa shape index (κ1) is 12.5. The zero-order valence-corrected chi connectivity index (χ0v) is 9.16. The number of hydrogen-bond donors (Lipinski definition) is 2. The van der Waals surface area contributed by atoms with Crippen LogP contribution in [0.4, 0.5) is 4.39 Å². The number of halogens is 1. The molecule has 0 aliphatic heterocycles. The SMILES string of the molecule is CCc1cc(F)c(O)c(CCCC(=O)O)c1. The van der Waals surface area contributed by atoms with E-state index in [9.17, 15) is 14.3 Å². The minimum atomic E-state index is -0.883. The molecule has 4 heteroatoms. The maximum Gasteiger partial charge on any atom is 0.303 e. The van der Waals surface area contributed by atoms with Gasteiger partial charge in [-0.2, -0.15) is 0 Å². The van der Waals surface area contributed by atoms with Crippen molar-refractivity contribution in [3.8, 4) is 5.75 Å². The van der Waals surface area contributed by atoms with Crippen LogP contribution in [0.2, 0.25) is 0 Å². The Hall–Kier alpha value is -1.58. The Bertz CT molecular complexity index is 388. The number of phenols is 1. The third-order valence-corrected chi connectivity index (χ3v) is 2.45. The van der Waals surface area contributed by atoms with Crippen LogP contribution in [0.5, 0.6) is 5.75 Å². The van der Waals surface area contributed by atoms with Crippen LogP contribution in [0.25, 0.3) is 0 Å². The van der Waals surface area contributed by atoms with Gasteiger partial charge in [0.05, 0.1) is 0 Å². The van der Waals surface area contributed by atoms with E-state index in [0.717, 1.165) is 5.56 Å². The molecule has 0 aliphatic carbocycles. The van der Waals surface area contributed by atoms with Gasteiger partial charge >= 0.3 is 5.97 Å². The molecular weight excluding hydrogens is 211 g/mol. The van der Waals surface area contributed by atoms with Crippen molar-refractivity contribution in [1.82, 2.24) is 0 Å². The standard InChI is InChI=1S/C12H15FO3/c1-2-8-6-9(4-3-5-11(14)15)12(16)10(13)7-8/h6-7,16H,2-5H2,1H3,(H,14,15). The Morgan fingerprint density at radius 2 is 2.12 bits per heavy atom. The summed E-state index contributed by atoms with van der Waals surface area (Å²) in [6.07, 6.45) is 1.49. The third-order valence-electron chi connectivity index (χ3n) is 2.45. The van der Waals surface area contributed by atoms with Gasteiger partial charge in [0.1, 0.15) is 0 Å². The Balaban J connectivity index is 2.78. The first-order valence-corrected chi connectivity index (χ1v) is 5.26. The summed E-state index contributed by atoms with van der Waals surface area (Å²) >= 11 is 0. The molecule has 3 nitrogen and oxygen atoms in total. The van der Waals surface area contributed by atoms with E-state index in [0.29, 0.717) is 24.8 Å². The number of benzene rings is 1. The summed E-state index contributed by atoms with van der Waals surface area (Å²) in [5, 5.41) is 17.9. The Labute approximate surface area is 93.5 Å². The summed E-state index contributed by atoms with van der Waals surface area (Å²) in [6, 6.07) is 3.02. The molecule has 0 amide bonds. The van der Waals surface area contributed by atoms with Gasteiger partial charge in [-0.05, 0) is 36.5 Å². The van der Waals surface area contributed by atoms with Crippen molar-refractivity contribution in [2.45, 2.75) is 32.6 Å². The van der Waals surface area contributed by atoms with Crippen molar-refractivity contribution >= 4 is 5.97 Å². The lowest BCUT2D eigenvalue weighted by molar-refractivity contribution is -0.137. The lowest BCUT2D eigenvalue weighted by Crippen LogP contribution is -1.97. The summed E-state index contributed by atoms with van der Waals surface area (Å²) in [5.41, 5.74) is 1.29. The number of aryl methyl sites for hydroxylation is 2. The minimum Gasteiger partial charge on any atom is -0.505 e. The normalized spacial score (nSPS) is 10.4. The second-order valence-electron chi connectivity index (χ2n) is 3.69. The quantitative estimate of drug-likeness (QED) is 0.811. The average molecular weight is 226 g/mol. The topological polar surface area (TPSA) is 57.5 Å². The Kier molecular flexibility index (Phi) is 4.28. The van der Waals surface area contributed by atoms with Crippen molar-refractivity contribution in [2.75, 3.05) is 0 Å². The summed E-state index contributed by atoms with van der Waals surface area (Å²) in [5.74, 6) is -1.88. The molecular formula is C12H15FO3. The van der Waals surface area contributed by atoms with E-state index in [1.165, 1.54) is 6.07 Å². The van der Waals surface area contributed by atoms with Crippen molar-refractivity contribution < 1.29 is 19.4 Å². The first-order valence-electron chi connectivity index (χ1n) is 5.26. The maximum absolute atomic E-state index is 13.2. The van der Waals surface area contributed by atoms with Gasteiger partial charge in [-0.1, -0.05) is 13.0 Å². The number of carboxylic acids is 1. The Morgan fingerprint density at radius 1 is 1.44 bits per heavy atom. The van der Waals surface area contributed by atoms with Crippen LogP contribution in [0, 0.1) is 5.82 Å². The third kappa shape index (κ3) is 3.22. The molecule has 0 radical (unpaired) electrons. The van der Waals surface area contributed by atoms with Crippen molar-refractivity contribution in [3.63, 3.8) is 0 Å². The Morgan fingerprint density at radius 3 is 2.69 bits per heavy atom. The molecule has 88 valence electrons. The fraction of sp³-hybridized carbons (Fsp3) is 0.417. The molecule has 1 rings (SSSR count). The molecule has 0 aromatic heterocycles. The van der Waals surface area contributed by atoms with Crippen molar-refractivity contribution in [2.24, 2.45) is 0 Å². The average Bonchev–Trinajstić information content (AvgIpc) is 2.23. The van der Waals surface area contributed by atoms with E-state index in [4.69, 9.17) is 5.11 Å². The predicted molar refractivity (Wildman–Crippen MR) is 58.0 cm³/mol. The highest BCUT2D eigenvalue weighted by molar-refractivity contribution is 5.66. The molecule has 16 heavy (non-hydrogen) atoms. The van der Waals surface area contributed by atoms with Crippen molar-refractivity contribution in [3.05, 3.63) is 29.1 Å². The molecule has 1 aromatic rings. The number of rotatable bonds is 5. The van der Waals surface area contributed by atoms with Crippen LogP contribution in [0.3, 0.4) is 0 Å². The fourth-order valence-corrected chi connectivity index (χ4v) is 1.54. The molecule has 0 bridgehead atoms. The van der Waals surface area contributed by atoms with E-state index in [1.54, 1.807) is 6.07 Å². The lowest BCUT2D eigenvalue weighted by Gasteiger charge is -2.07. The van der Waals surface area contributed by atoms with E-state index < -0.39 is 11.8 Å². The molecule has 1 aromatic carbocycles. The van der Waals surface area contributed by atoms with Crippen LogP contribution in [-0.4, -0.2) is 16.2 Å². The molecule has 0 saturated carbocycles. The molecule has 0 atom stereocenters. The zero-order valence-electron chi connectivity index (χ0n) is 9.16. The van der Waals surface area contributed by atoms with E-state index in [1.807, 2.05) is 6.92 Å². The van der Waals surface area contributed by atoms with E-state index >= 15 is 0 Å². The fourth-order valence-electron chi connectivity index (χ4n) is 1.54. The first-order chi connectivity index (χ1) is 7.54. The number of aliphatic carboxylic acids is 1. The maximum atomic E-state index is 13.2. The molecule has 0 fully saturated rings. The second-order valence-corrected chi connectivity index (χ2v) is 3.69. The molecule has 0 aliphatic rings. The van der Waals surface area contributed by atoms with E-state index in [-0.39, 0.29) is 12.2 Å². The van der Waals surface area contributed by atoms with Gasteiger partial charge in [-0.3, -0.25) is 4.79 Å². The minimum absolute atomic E-state index is 0.0252. The van der Waals surface area contributed by atoms with Crippen LogP contribution in [-0.2, 0) is 17.6 Å². The van der Waals surface area contributed by atoms with Crippen molar-refractivity contribution in [1.29, 1.82) is 0 Å². The smallest absolute Gasteiger partial charge is 0.303 e. The van der Waals surface area contributed by atoms with Crippen LogP contribution in [0.1, 0.15) is 30.9 Å². The number of phenolic OH excluding ortho intramolecular Hbond substituents is 1. The molecule has 0 spiro atoms. The molecule has 0 unspecified atom stereocenters. The lowest BCUT2D eigenvalue weighted by atomic mass is 10.0. The summed E-state index contributed by atoms with van der Waals surface area (Å²) in [7, 11) is 0. The van der Waals surface area contributed by atoms with Gasteiger partial charge in [0.2, 0.25) is 0 Å². The number of carboxylic acid groups (broad SMARTS) is 1. The highest BCUT2D eigenvalue weighted by atomic mass is 19.1. The van der Waals surface area contributed by atoms with Gasteiger partial charge in [0, 0.05) is 6.42 Å². The van der Waals surface area contributed by atoms with Crippen LogP contribution in [0.15, 0.2) is 12.1 Å². The molecule has 2 N–H and O–H groups in total. The van der Waals surface area contributed by atoms with Gasteiger partial charge in [0.25, 0.3) is 0 Å². The summed E-state index contributed by atoms with van der Waals surface area (Å²) in [4.78, 5) is 10.3. The summed E-state index contributed by atoms with van der Waals surface area (Å²) in [6.45, 7) is 1.90. The largest absolute Gasteiger partial charge is 0.505 e. The number of aromatic hydroxyl groups is 1. The zero-order chi connectivity index (χ0) is 12.1. The molecule has 0 saturated heterocycles. The predicted octanol–water partition coefficient (Wildman–Crippen LogP) is 2.50. The van der Waals surface area contributed by atoms with Gasteiger partial charge in [-0.25, -0.2) is 4.39 Å². The number of carbonyl (C=O) groups is 1. The highest BCUT2D eigenvalue weighted by Gasteiger charge is 2.09.